The topological polar surface area (TPSA) is 174 Å². The van der Waals surface area contributed by atoms with Crippen LogP contribution in [0.25, 0.3) is 0 Å². The molecule has 1 atom stereocenters. The first-order chi connectivity index (χ1) is 11.0. The zero-order valence-corrected chi connectivity index (χ0v) is 14.0. The lowest BCUT2D eigenvalue weighted by Crippen LogP contribution is -2.54. The number of amides is 3. The molecule has 0 aliphatic rings. The number of hydrogen-bond acceptors (Lipinski definition) is 8. The molecule has 0 saturated carbocycles. The molecule has 11 heteroatoms. The Labute approximate surface area is 139 Å². The molecule has 11 nitrogen and oxygen atoms in total. The van der Waals surface area contributed by atoms with E-state index in [1.54, 1.807) is 20.8 Å². The van der Waals surface area contributed by atoms with E-state index in [-0.39, 0.29) is 13.0 Å². The fourth-order valence-electron chi connectivity index (χ4n) is 1.59. The predicted molar refractivity (Wildman–Crippen MR) is 82.0 cm³/mol. The molecule has 0 aromatic carbocycles. The van der Waals surface area contributed by atoms with Crippen molar-refractivity contribution in [3.05, 3.63) is 0 Å². The number of carbonyl (C=O) groups excluding carboxylic acids is 3. The number of nitrogens with one attached hydrogen (secondary N) is 2. The average Bonchev–Trinajstić information content (AvgIpc) is 2.42. The molecule has 24 heavy (non-hydrogen) atoms. The molecule has 0 aromatic heterocycles. The van der Waals surface area contributed by atoms with Gasteiger partial charge in [-0.3, -0.25) is 14.6 Å². The highest BCUT2D eigenvalue weighted by atomic mass is 16.6. The number of aliphatic hydroxyl groups excluding tert-OH is 2. The van der Waals surface area contributed by atoms with E-state index < -0.39 is 49.0 Å². The molecule has 0 unspecified atom stereocenters. The van der Waals surface area contributed by atoms with Gasteiger partial charge >= 0.3 is 6.09 Å². The van der Waals surface area contributed by atoms with Crippen LogP contribution < -0.4 is 16.5 Å². The molecule has 0 aliphatic heterocycles. The van der Waals surface area contributed by atoms with Crippen LogP contribution in [0.2, 0.25) is 0 Å². The number of nitrogens with two attached hydrogens (primary N) is 1. The van der Waals surface area contributed by atoms with Gasteiger partial charge in [0.1, 0.15) is 18.2 Å². The highest BCUT2D eigenvalue weighted by Crippen LogP contribution is 2.07. The first-order valence-electron chi connectivity index (χ1n) is 7.25. The van der Waals surface area contributed by atoms with E-state index in [4.69, 9.17) is 25.9 Å². The highest BCUT2D eigenvalue weighted by molar-refractivity contribution is 5.85. The van der Waals surface area contributed by atoms with Crippen molar-refractivity contribution < 1.29 is 34.4 Å². The summed E-state index contributed by atoms with van der Waals surface area (Å²) >= 11 is 0. The fraction of sp³-hybridized carbons (Fsp3) is 0.769. The lowest BCUT2D eigenvalue weighted by atomic mass is 10.2. The Hall–Kier alpha value is -1.95. The van der Waals surface area contributed by atoms with Crippen LogP contribution in [0, 0.1) is 0 Å². The van der Waals surface area contributed by atoms with Gasteiger partial charge < -0.3 is 30.7 Å². The zero-order valence-electron chi connectivity index (χ0n) is 14.0. The van der Waals surface area contributed by atoms with E-state index in [1.807, 2.05) is 0 Å². The van der Waals surface area contributed by atoms with Crippen LogP contribution in [0.1, 0.15) is 27.2 Å². The summed E-state index contributed by atoms with van der Waals surface area (Å²) in [6.07, 6.45) is -2.75. The van der Waals surface area contributed by atoms with Crippen molar-refractivity contribution in [3.8, 4) is 0 Å². The fourth-order valence-corrected chi connectivity index (χ4v) is 1.59. The van der Waals surface area contributed by atoms with E-state index in [0.29, 0.717) is 5.01 Å². The van der Waals surface area contributed by atoms with Crippen LogP contribution >= 0.6 is 0 Å². The number of aliphatic hydroxyl groups is 3. The second-order valence-corrected chi connectivity index (χ2v) is 5.97. The summed E-state index contributed by atoms with van der Waals surface area (Å²) in [5.74, 6) is 3.98. The van der Waals surface area contributed by atoms with Gasteiger partial charge in [0.15, 0.2) is 6.29 Å². The van der Waals surface area contributed by atoms with Crippen molar-refractivity contribution in [1.29, 1.82) is 0 Å². The maximum Gasteiger partial charge on any atom is 0.408 e. The number of ether oxygens (including phenoxy) is 1. The molecule has 0 rings (SSSR count). The van der Waals surface area contributed by atoms with Gasteiger partial charge in [0, 0.05) is 6.54 Å². The van der Waals surface area contributed by atoms with Crippen molar-refractivity contribution in [3.63, 3.8) is 0 Å². The molecule has 0 bridgehead atoms. The molecular weight excluding hydrogens is 324 g/mol. The van der Waals surface area contributed by atoms with Crippen LogP contribution in [-0.4, -0.2) is 75.9 Å². The molecule has 0 saturated heterocycles. The Morgan fingerprint density at radius 3 is 2.29 bits per heavy atom. The van der Waals surface area contributed by atoms with Crippen LogP contribution in [0.5, 0.6) is 0 Å². The van der Waals surface area contributed by atoms with Crippen LogP contribution in [0.4, 0.5) is 4.79 Å². The second kappa shape index (κ2) is 10.0. The SMILES string of the molecule is CC(C)(C)OC(=O)N[C@@H](CCNC(=O)CO)C(=O)N(N)CC(O)O. The summed E-state index contributed by atoms with van der Waals surface area (Å²) in [6, 6.07) is -1.16. The minimum atomic E-state index is -1.84. The minimum Gasteiger partial charge on any atom is -0.444 e. The van der Waals surface area contributed by atoms with Gasteiger partial charge in [0.05, 0.1) is 6.54 Å². The van der Waals surface area contributed by atoms with Gasteiger partial charge in [0.2, 0.25) is 5.91 Å². The first kappa shape index (κ1) is 22.1. The van der Waals surface area contributed by atoms with Crippen molar-refractivity contribution in [1.82, 2.24) is 15.6 Å². The van der Waals surface area contributed by atoms with Gasteiger partial charge in [-0.25, -0.2) is 10.6 Å². The van der Waals surface area contributed by atoms with E-state index in [9.17, 15) is 14.4 Å². The van der Waals surface area contributed by atoms with Gasteiger partial charge in [-0.15, -0.1) is 0 Å². The summed E-state index contributed by atoms with van der Waals surface area (Å²) in [7, 11) is 0. The number of rotatable bonds is 8. The van der Waals surface area contributed by atoms with E-state index in [1.165, 1.54) is 0 Å². The summed E-state index contributed by atoms with van der Waals surface area (Å²) in [5, 5.41) is 31.5. The molecule has 0 aliphatic carbocycles. The van der Waals surface area contributed by atoms with Gasteiger partial charge in [-0.2, -0.15) is 0 Å². The highest BCUT2D eigenvalue weighted by Gasteiger charge is 2.27. The van der Waals surface area contributed by atoms with E-state index >= 15 is 0 Å². The number of hydrogen-bond donors (Lipinski definition) is 6. The molecule has 0 aromatic rings. The second-order valence-electron chi connectivity index (χ2n) is 5.97. The lowest BCUT2D eigenvalue weighted by molar-refractivity contribution is -0.140. The average molecular weight is 350 g/mol. The number of carbonyl (C=O) groups is 3. The van der Waals surface area contributed by atoms with Crippen LogP contribution in [0.3, 0.4) is 0 Å². The largest absolute Gasteiger partial charge is 0.444 e. The van der Waals surface area contributed by atoms with Gasteiger partial charge in [-0.05, 0) is 27.2 Å². The molecule has 3 amide bonds. The predicted octanol–water partition coefficient (Wildman–Crippen LogP) is -2.61. The van der Waals surface area contributed by atoms with E-state index in [2.05, 4.69) is 10.6 Å². The van der Waals surface area contributed by atoms with Gasteiger partial charge in [-0.1, -0.05) is 0 Å². The van der Waals surface area contributed by atoms with Crippen LogP contribution in [0.15, 0.2) is 0 Å². The summed E-state index contributed by atoms with van der Waals surface area (Å²) < 4.78 is 5.04. The molecule has 0 heterocycles. The Kier molecular flexibility index (Phi) is 9.21. The first-order valence-corrected chi connectivity index (χ1v) is 7.25. The lowest BCUT2D eigenvalue weighted by Gasteiger charge is -2.26. The van der Waals surface area contributed by atoms with Crippen molar-refractivity contribution in [2.24, 2.45) is 5.84 Å². The third kappa shape index (κ3) is 9.94. The monoisotopic (exact) mass is 350 g/mol. The normalized spacial score (nSPS) is 12.5. The smallest absolute Gasteiger partial charge is 0.408 e. The number of nitrogens with zero attached hydrogens (tertiary/aromatic N) is 1. The van der Waals surface area contributed by atoms with Crippen molar-refractivity contribution in [2.45, 2.75) is 45.1 Å². The Morgan fingerprint density at radius 2 is 1.83 bits per heavy atom. The Balaban J connectivity index is 4.84. The summed E-state index contributed by atoms with van der Waals surface area (Å²) in [4.78, 5) is 35.0. The Morgan fingerprint density at radius 1 is 1.25 bits per heavy atom. The Bertz CT molecular complexity index is 437. The quantitative estimate of drug-likeness (QED) is 0.119. The molecule has 0 spiro atoms. The standard InChI is InChI=1S/C13H26N4O7/c1-13(2,3)24-12(23)16-8(4-5-15-9(19)7-18)11(22)17(14)6-10(20)21/h8,10,18,20-21H,4-7,14H2,1-3H3,(H,15,19)(H,16,23)/t8-/m0/s1. The molecule has 7 N–H and O–H groups in total. The van der Waals surface area contributed by atoms with E-state index in [0.717, 1.165) is 0 Å². The summed E-state index contributed by atoms with van der Waals surface area (Å²) in [5.41, 5.74) is -0.785. The summed E-state index contributed by atoms with van der Waals surface area (Å²) in [6.45, 7) is 3.62. The molecule has 0 radical (unpaired) electrons. The third-order valence-electron chi connectivity index (χ3n) is 2.53. The number of hydrazine groups is 1. The molecule has 140 valence electrons. The maximum absolute atomic E-state index is 12.2. The van der Waals surface area contributed by atoms with Crippen molar-refractivity contribution in [2.75, 3.05) is 19.7 Å². The molecular formula is C13H26N4O7. The zero-order chi connectivity index (χ0) is 18.9. The number of alkyl carbamates (subject to hydrolysis) is 1. The third-order valence-corrected chi connectivity index (χ3v) is 2.53. The maximum atomic E-state index is 12.2. The minimum absolute atomic E-state index is 0.0267. The van der Waals surface area contributed by atoms with Gasteiger partial charge in [0.25, 0.3) is 5.91 Å². The molecule has 0 fully saturated rings. The van der Waals surface area contributed by atoms with Crippen molar-refractivity contribution >= 4 is 17.9 Å². The van der Waals surface area contributed by atoms with Crippen LogP contribution in [-0.2, 0) is 14.3 Å².